The van der Waals surface area contributed by atoms with E-state index < -0.39 is 12.8 Å². The molecule has 0 bridgehead atoms. The minimum Gasteiger partial charge on any atom is -0.483 e. The highest BCUT2D eigenvalue weighted by Gasteiger charge is 2.37. The van der Waals surface area contributed by atoms with Gasteiger partial charge in [0.05, 0.1) is 6.61 Å². The first-order chi connectivity index (χ1) is 14.0. The van der Waals surface area contributed by atoms with Gasteiger partial charge in [-0.05, 0) is 54.3 Å². The highest BCUT2D eigenvalue weighted by molar-refractivity contribution is 5.99. The summed E-state index contributed by atoms with van der Waals surface area (Å²) < 4.78 is 43.3. The second kappa shape index (κ2) is 7.95. The summed E-state index contributed by atoms with van der Waals surface area (Å²) in [6.07, 6.45) is -4.07. The molecule has 0 spiro atoms. The fourth-order valence-electron chi connectivity index (χ4n) is 3.97. The quantitative estimate of drug-likeness (QED) is 0.728. The van der Waals surface area contributed by atoms with Crippen LogP contribution in [0.4, 0.5) is 18.9 Å². The van der Waals surface area contributed by atoms with Gasteiger partial charge in [-0.1, -0.05) is 26.0 Å². The molecule has 1 aliphatic heterocycles. The molecule has 1 heterocycles. The third-order valence-corrected chi connectivity index (χ3v) is 5.48. The van der Waals surface area contributed by atoms with Crippen molar-refractivity contribution in [2.24, 2.45) is 0 Å². The molecule has 30 heavy (non-hydrogen) atoms. The van der Waals surface area contributed by atoms with E-state index in [1.807, 2.05) is 39.8 Å². The van der Waals surface area contributed by atoms with Gasteiger partial charge in [-0.15, -0.1) is 0 Å². The molecular formula is C23H26F3NO3. The summed E-state index contributed by atoms with van der Waals surface area (Å²) in [7, 11) is 0. The van der Waals surface area contributed by atoms with Gasteiger partial charge in [0.2, 0.25) is 5.91 Å². The molecule has 2 aromatic carbocycles. The molecule has 1 aliphatic rings. The number of amides is 1. The number of aliphatic hydroxyl groups is 1. The van der Waals surface area contributed by atoms with Crippen molar-refractivity contribution >= 4 is 11.6 Å². The van der Waals surface area contributed by atoms with Crippen molar-refractivity contribution < 1.29 is 27.8 Å². The molecule has 0 saturated heterocycles. The average Bonchev–Trinajstić information content (AvgIpc) is 2.65. The van der Waals surface area contributed by atoms with Crippen LogP contribution in [0.5, 0.6) is 5.75 Å². The molecule has 1 amide bonds. The normalized spacial score (nSPS) is 15.9. The summed E-state index contributed by atoms with van der Waals surface area (Å²) in [5.41, 5.74) is 3.99. The van der Waals surface area contributed by atoms with E-state index in [2.05, 4.69) is 0 Å². The van der Waals surface area contributed by atoms with Crippen LogP contribution >= 0.6 is 0 Å². The van der Waals surface area contributed by atoms with Gasteiger partial charge in [-0.2, -0.15) is 13.2 Å². The minimum atomic E-state index is -4.47. The summed E-state index contributed by atoms with van der Waals surface area (Å²) in [6.45, 7) is 6.65. The Balaban J connectivity index is 2.19. The number of ether oxygens (including phenoxy) is 1. The van der Waals surface area contributed by atoms with E-state index in [0.717, 1.165) is 16.8 Å². The Kier molecular flexibility index (Phi) is 5.87. The smallest absolute Gasteiger partial charge is 0.422 e. The maximum absolute atomic E-state index is 12.7. The molecule has 0 aromatic heterocycles. The largest absolute Gasteiger partial charge is 0.483 e. The Morgan fingerprint density at radius 3 is 2.47 bits per heavy atom. The molecule has 162 valence electrons. The van der Waals surface area contributed by atoms with Crippen molar-refractivity contribution in [1.82, 2.24) is 0 Å². The zero-order valence-corrected chi connectivity index (χ0v) is 17.6. The maximum Gasteiger partial charge on any atom is 0.422 e. The van der Waals surface area contributed by atoms with E-state index >= 15 is 0 Å². The van der Waals surface area contributed by atoms with E-state index in [4.69, 9.17) is 4.74 Å². The number of benzene rings is 2. The van der Waals surface area contributed by atoms with Crippen LogP contribution in [-0.2, 0) is 16.8 Å². The van der Waals surface area contributed by atoms with Crippen molar-refractivity contribution in [1.29, 1.82) is 0 Å². The van der Waals surface area contributed by atoms with E-state index in [0.29, 0.717) is 29.7 Å². The lowest BCUT2D eigenvalue weighted by Gasteiger charge is -2.39. The number of alkyl halides is 3. The lowest BCUT2D eigenvalue weighted by Crippen LogP contribution is -2.41. The zero-order chi connectivity index (χ0) is 22.3. The highest BCUT2D eigenvalue weighted by Crippen LogP contribution is 2.45. The Bertz CT molecular complexity index is 967. The van der Waals surface area contributed by atoms with Crippen LogP contribution in [0.2, 0.25) is 0 Å². The molecule has 1 N–H and O–H groups in total. The van der Waals surface area contributed by atoms with Gasteiger partial charge in [0, 0.05) is 29.6 Å². The second-order valence-electron chi connectivity index (χ2n) is 8.28. The Morgan fingerprint density at radius 1 is 1.17 bits per heavy atom. The van der Waals surface area contributed by atoms with Crippen molar-refractivity contribution in [3.8, 4) is 16.9 Å². The van der Waals surface area contributed by atoms with E-state index in [1.54, 1.807) is 11.0 Å². The van der Waals surface area contributed by atoms with Gasteiger partial charge in [0.15, 0.2) is 6.61 Å². The number of aryl methyl sites for hydroxylation is 1. The summed E-state index contributed by atoms with van der Waals surface area (Å²) in [5, 5.41) is 9.53. The molecule has 3 rings (SSSR count). The van der Waals surface area contributed by atoms with Gasteiger partial charge in [-0.25, -0.2) is 0 Å². The number of fused-ring (bicyclic) bond motifs is 1. The molecule has 0 radical (unpaired) electrons. The molecule has 2 aromatic rings. The lowest BCUT2D eigenvalue weighted by atomic mass is 9.75. The minimum absolute atomic E-state index is 0.0162. The molecule has 0 fully saturated rings. The van der Waals surface area contributed by atoms with E-state index in [-0.39, 0.29) is 23.7 Å². The summed E-state index contributed by atoms with van der Waals surface area (Å²) in [5.74, 6) is 0.0967. The van der Waals surface area contributed by atoms with Crippen molar-refractivity contribution in [3.05, 3.63) is 47.0 Å². The first-order valence-corrected chi connectivity index (χ1v) is 9.86. The average molecular weight is 421 g/mol. The van der Waals surface area contributed by atoms with Gasteiger partial charge < -0.3 is 14.7 Å². The Labute approximate surface area is 174 Å². The second-order valence-corrected chi connectivity index (χ2v) is 8.28. The predicted octanol–water partition coefficient (Wildman–Crippen LogP) is 5.13. The van der Waals surface area contributed by atoms with Crippen molar-refractivity contribution in [2.75, 3.05) is 18.1 Å². The third kappa shape index (κ3) is 4.31. The zero-order valence-electron chi connectivity index (χ0n) is 17.6. The van der Waals surface area contributed by atoms with Gasteiger partial charge >= 0.3 is 6.18 Å². The van der Waals surface area contributed by atoms with Crippen LogP contribution in [0.1, 0.15) is 43.9 Å². The molecule has 7 heteroatoms. The number of nitrogens with zero attached hydrogens (tertiary/aromatic N) is 1. The van der Waals surface area contributed by atoms with Crippen LogP contribution in [0.3, 0.4) is 0 Å². The van der Waals surface area contributed by atoms with Crippen LogP contribution in [0.15, 0.2) is 30.3 Å². The fraction of sp³-hybridized carbons (Fsp3) is 0.435. The first-order valence-electron chi connectivity index (χ1n) is 9.86. The summed E-state index contributed by atoms with van der Waals surface area (Å²) in [4.78, 5) is 14.4. The summed E-state index contributed by atoms with van der Waals surface area (Å²) in [6, 6.07) is 8.46. The number of carbonyl (C=O) groups excluding carboxylic acids is 1. The molecule has 4 nitrogen and oxygen atoms in total. The summed E-state index contributed by atoms with van der Waals surface area (Å²) >= 11 is 0. The van der Waals surface area contributed by atoms with E-state index in [9.17, 15) is 23.1 Å². The Morgan fingerprint density at radius 2 is 1.87 bits per heavy atom. The number of aliphatic hydroxyl groups excluding tert-OH is 1. The molecule has 0 saturated carbocycles. The Hall–Kier alpha value is -2.54. The van der Waals surface area contributed by atoms with Gasteiger partial charge in [0.1, 0.15) is 5.75 Å². The van der Waals surface area contributed by atoms with Gasteiger partial charge in [0.25, 0.3) is 0 Å². The first kappa shape index (κ1) is 22.2. The van der Waals surface area contributed by atoms with Crippen LogP contribution in [0.25, 0.3) is 11.1 Å². The monoisotopic (exact) mass is 421 g/mol. The number of anilines is 1. The topological polar surface area (TPSA) is 49.8 Å². The molecule has 0 atom stereocenters. The fourth-order valence-corrected chi connectivity index (χ4v) is 3.97. The molecular weight excluding hydrogens is 395 g/mol. The van der Waals surface area contributed by atoms with Crippen LogP contribution < -0.4 is 9.64 Å². The number of rotatable bonds is 5. The third-order valence-electron chi connectivity index (χ3n) is 5.48. The predicted molar refractivity (Wildman–Crippen MR) is 110 cm³/mol. The number of hydrogen-bond acceptors (Lipinski definition) is 3. The number of hydrogen-bond donors (Lipinski definition) is 1. The standard InChI is InChI=1S/C23H26F3NO3/c1-5-27-19-10-16(14(2)8-18(19)22(3,4)11-21(27)29)17-9-15(12-28)6-7-20(17)30-13-23(24,25)26/h6-10,28H,5,11-13H2,1-4H3. The molecule has 0 unspecified atom stereocenters. The van der Waals surface area contributed by atoms with E-state index in [1.165, 1.54) is 12.1 Å². The SMILES string of the molecule is CCN1C(=O)CC(C)(C)c2cc(C)c(-c3cc(CO)ccc3OCC(F)(F)F)cc21. The number of carbonyl (C=O) groups is 1. The number of halogens is 3. The van der Waals surface area contributed by atoms with Crippen molar-refractivity contribution in [3.63, 3.8) is 0 Å². The van der Waals surface area contributed by atoms with Crippen LogP contribution in [-0.4, -0.2) is 30.3 Å². The van der Waals surface area contributed by atoms with Crippen LogP contribution in [0, 0.1) is 6.92 Å². The highest BCUT2D eigenvalue weighted by atomic mass is 19.4. The lowest BCUT2D eigenvalue weighted by molar-refractivity contribution is -0.153. The maximum atomic E-state index is 12.7. The van der Waals surface area contributed by atoms with Crippen molar-refractivity contribution in [2.45, 2.75) is 52.3 Å². The van der Waals surface area contributed by atoms with Gasteiger partial charge in [-0.3, -0.25) is 4.79 Å². The molecule has 0 aliphatic carbocycles.